The van der Waals surface area contributed by atoms with E-state index in [4.69, 9.17) is 4.74 Å². The van der Waals surface area contributed by atoms with Gasteiger partial charge in [-0.25, -0.2) is 0 Å². The molecule has 2 rings (SSSR count). The van der Waals surface area contributed by atoms with Crippen LogP contribution >= 0.6 is 0 Å². The lowest BCUT2D eigenvalue weighted by atomic mass is 10.1. The Morgan fingerprint density at radius 2 is 1.61 bits per heavy atom. The van der Waals surface area contributed by atoms with Crippen molar-refractivity contribution in [1.29, 1.82) is 0 Å². The van der Waals surface area contributed by atoms with Crippen molar-refractivity contribution in [3.8, 4) is 0 Å². The SMILES string of the molecule is CC1=CC1CCCCCCCCCNC1OC1C. The Hall–Kier alpha value is -0.340. The lowest BCUT2D eigenvalue weighted by molar-refractivity contribution is 0.348. The third-order valence-corrected chi connectivity index (χ3v) is 4.19. The van der Waals surface area contributed by atoms with Crippen LogP contribution in [0.5, 0.6) is 0 Å². The molecule has 3 atom stereocenters. The summed E-state index contributed by atoms with van der Waals surface area (Å²) in [6.07, 6.45) is 14.4. The number of hydrogen-bond donors (Lipinski definition) is 1. The normalized spacial score (nSPS) is 29.2. The van der Waals surface area contributed by atoms with Crippen molar-refractivity contribution < 1.29 is 4.74 Å². The summed E-state index contributed by atoms with van der Waals surface area (Å²) in [4.78, 5) is 0. The molecular weight excluding hydrogens is 222 g/mol. The van der Waals surface area contributed by atoms with Crippen LogP contribution in [0.3, 0.4) is 0 Å². The zero-order chi connectivity index (χ0) is 12.8. The molecular formula is C16H29NO. The Morgan fingerprint density at radius 3 is 2.17 bits per heavy atom. The largest absolute Gasteiger partial charge is 0.354 e. The molecule has 104 valence electrons. The summed E-state index contributed by atoms with van der Waals surface area (Å²) in [6.45, 7) is 5.50. The molecule has 0 aromatic carbocycles. The maximum atomic E-state index is 5.31. The van der Waals surface area contributed by atoms with E-state index in [9.17, 15) is 0 Å². The Labute approximate surface area is 112 Å². The molecule has 0 bridgehead atoms. The molecule has 0 aromatic rings. The Bertz CT molecular complexity index is 264. The number of nitrogens with one attached hydrogen (secondary N) is 1. The van der Waals surface area contributed by atoms with Gasteiger partial charge in [-0.15, -0.1) is 0 Å². The first-order chi connectivity index (χ1) is 8.77. The molecule has 3 unspecified atom stereocenters. The molecule has 0 radical (unpaired) electrons. The highest BCUT2D eigenvalue weighted by Gasteiger charge is 2.32. The molecule has 1 aliphatic heterocycles. The van der Waals surface area contributed by atoms with E-state index >= 15 is 0 Å². The number of rotatable bonds is 11. The van der Waals surface area contributed by atoms with Crippen molar-refractivity contribution >= 4 is 0 Å². The fraction of sp³-hybridized carbons (Fsp3) is 0.875. The van der Waals surface area contributed by atoms with E-state index in [0.29, 0.717) is 12.3 Å². The van der Waals surface area contributed by atoms with Gasteiger partial charge < -0.3 is 4.74 Å². The first-order valence-corrected chi connectivity index (χ1v) is 7.84. The third-order valence-electron chi connectivity index (χ3n) is 4.19. The summed E-state index contributed by atoms with van der Waals surface area (Å²) in [6, 6.07) is 0. The lowest BCUT2D eigenvalue weighted by Gasteiger charge is -2.03. The van der Waals surface area contributed by atoms with Crippen molar-refractivity contribution in [2.24, 2.45) is 5.92 Å². The van der Waals surface area contributed by atoms with Gasteiger partial charge >= 0.3 is 0 Å². The molecule has 2 heteroatoms. The molecule has 2 aliphatic rings. The fourth-order valence-corrected chi connectivity index (χ4v) is 2.60. The van der Waals surface area contributed by atoms with Crippen LogP contribution in [-0.2, 0) is 4.74 Å². The van der Waals surface area contributed by atoms with Crippen molar-refractivity contribution in [1.82, 2.24) is 5.32 Å². The molecule has 1 saturated heterocycles. The van der Waals surface area contributed by atoms with Crippen LogP contribution in [0.4, 0.5) is 0 Å². The zero-order valence-electron chi connectivity index (χ0n) is 12.1. The molecule has 0 aromatic heterocycles. The average Bonchev–Trinajstić information content (AvgIpc) is 3.23. The second-order valence-corrected chi connectivity index (χ2v) is 6.00. The molecule has 0 amide bonds. The average molecular weight is 251 g/mol. The predicted octanol–water partition coefficient (Wildman–Crippen LogP) is 4.02. The van der Waals surface area contributed by atoms with Gasteiger partial charge in [-0.2, -0.15) is 0 Å². The lowest BCUT2D eigenvalue weighted by Crippen LogP contribution is -2.20. The van der Waals surface area contributed by atoms with Gasteiger partial charge in [0, 0.05) is 0 Å². The van der Waals surface area contributed by atoms with E-state index in [1.54, 1.807) is 5.57 Å². The minimum absolute atomic E-state index is 0.365. The molecule has 2 nitrogen and oxygen atoms in total. The maximum absolute atomic E-state index is 5.31. The van der Waals surface area contributed by atoms with Gasteiger partial charge in [-0.3, -0.25) is 5.32 Å². The highest BCUT2D eigenvalue weighted by molar-refractivity contribution is 5.26. The topological polar surface area (TPSA) is 24.6 Å². The third kappa shape index (κ3) is 5.53. The summed E-state index contributed by atoms with van der Waals surface area (Å²) in [5.74, 6) is 0.892. The highest BCUT2D eigenvalue weighted by Crippen LogP contribution is 2.32. The van der Waals surface area contributed by atoms with Crippen LogP contribution in [0.25, 0.3) is 0 Å². The number of unbranched alkanes of at least 4 members (excludes halogenated alkanes) is 6. The molecule has 0 spiro atoms. The second-order valence-electron chi connectivity index (χ2n) is 6.00. The minimum atomic E-state index is 0.365. The molecule has 1 fully saturated rings. The van der Waals surface area contributed by atoms with Crippen LogP contribution in [0.2, 0.25) is 0 Å². The first-order valence-electron chi connectivity index (χ1n) is 7.84. The molecule has 18 heavy (non-hydrogen) atoms. The van der Waals surface area contributed by atoms with Crippen LogP contribution in [0.1, 0.15) is 65.2 Å². The predicted molar refractivity (Wildman–Crippen MR) is 76.5 cm³/mol. The quantitative estimate of drug-likeness (QED) is 0.341. The first kappa shape index (κ1) is 14.1. The van der Waals surface area contributed by atoms with Crippen LogP contribution in [-0.4, -0.2) is 18.9 Å². The van der Waals surface area contributed by atoms with Gasteiger partial charge in [-0.1, -0.05) is 50.2 Å². The van der Waals surface area contributed by atoms with Crippen molar-refractivity contribution in [2.75, 3.05) is 6.54 Å². The van der Waals surface area contributed by atoms with Gasteiger partial charge in [0.1, 0.15) is 6.23 Å². The Morgan fingerprint density at radius 1 is 1.06 bits per heavy atom. The number of epoxide rings is 1. The Balaban J connectivity index is 1.24. The van der Waals surface area contributed by atoms with E-state index in [0.717, 1.165) is 12.5 Å². The molecule has 1 heterocycles. The summed E-state index contributed by atoms with van der Waals surface area (Å²) in [5.41, 5.74) is 1.62. The molecule has 1 aliphatic carbocycles. The summed E-state index contributed by atoms with van der Waals surface area (Å²) in [5, 5.41) is 3.41. The summed E-state index contributed by atoms with van der Waals surface area (Å²) in [7, 11) is 0. The van der Waals surface area contributed by atoms with Crippen LogP contribution < -0.4 is 5.32 Å². The zero-order valence-corrected chi connectivity index (χ0v) is 12.1. The van der Waals surface area contributed by atoms with Crippen molar-refractivity contribution in [2.45, 2.75) is 77.5 Å². The van der Waals surface area contributed by atoms with E-state index in [-0.39, 0.29) is 0 Å². The van der Waals surface area contributed by atoms with Gasteiger partial charge in [0.15, 0.2) is 0 Å². The second kappa shape index (κ2) is 7.30. The van der Waals surface area contributed by atoms with Crippen molar-refractivity contribution in [3.05, 3.63) is 11.6 Å². The fourth-order valence-electron chi connectivity index (χ4n) is 2.60. The summed E-state index contributed by atoms with van der Waals surface area (Å²) < 4.78 is 5.31. The number of hydrogen-bond acceptors (Lipinski definition) is 2. The monoisotopic (exact) mass is 251 g/mol. The van der Waals surface area contributed by atoms with E-state index in [1.807, 2.05) is 0 Å². The van der Waals surface area contributed by atoms with Crippen LogP contribution in [0.15, 0.2) is 11.6 Å². The minimum Gasteiger partial charge on any atom is -0.354 e. The standard InChI is InChI=1S/C16H29NO/c1-13-12-15(13)10-8-6-4-3-5-7-9-11-17-16-14(2)18-16/h12,14-17H,3-11H2,1-2H3. The van der Waals surface area contributed by atoms with E-state index in [2.05, 4.69) is 25.2 Å². The van der Waals surface area contributed by atoms with Gasteiger partial charge in [-0.05, 0) is 39.2 Å². The van der Waals surface area contributed by atoms with Crippen molar-refractivity contribution in [3.63, 3.8) is 0 Å². The smallest absolute Gasteiger partial charge is 0.134 e. The van der Waals surface area contributed by atoms with Crippen LogP contribution in [0, 0.1) is 5.92 Å². The Kier molecular flexibility index (Phi) is 5.71. The number of allylic oxidation sites excluding steroid dienone is 2. The molecule has 1 N–H and O–H groups in total. The maximum Gasteiger partial charge on any atom is 0.134 e. The summed E-state index contributed by atoms with van der Waals surface area (Å²) >= 11 is 0. The van der Waals surface area contributed by atoms with Gasteiger partial charge in [0.05, 0.1) is 6.10 Å². The van der Waals surface area contributed by atoms with E-state index in [1.165, 1.54) is 51.4 Å². The molecule has 0 saturated carbocycles. The van der Waals surface area contributed by atoms with E-state index < -0.39 is 0 Å². The number of ether oxygens (including phenoxy) is 1. The van der Waals surface area contributed by atoms with Gasteiger partial charge in [0.25, 0.3) is 0 Å². The highest BCUT2D eigenvalue weighted by atomic mass is 16.6. The van der Waals surface area contributed by atoms with Gasteiger partial charge in [0.2, 0.25) is 0 Å².